The molecule has 12 heavy (non-hydrogen) atoms. The van der Waals surface area contributed by atoms with E-state index in [1.54, 1.807) is 14.0 Å². The van der Waals surface area contributed by atoms with Crippen LogP contribution in [0.15, 0.2) is 12.3 Å². The maximum absolute atomic E-state index is 10.6. The number of hydrogen-bond acceptors (Lipinski definition) is 3. The van der Waals surface area contributed by atoms with E-state index in [1.807, 2.05) is 0 Å². The molecular weight excluding hydrogens is 156 g/mol. The van der Waals surface area contributed by atoms with Crippen LogP contribution in [0.3, 0.4) is 0 Å². The molecule has 1 rings (SSSR count). The Morgan fingerprint density at radius 3 is 2.83 bits per heavy atom. The Kier molecular flexibility index (Phi) is 2.28. The molecule has 0 aliphatic carbocycles. The molecule has 0 aliphatic heterocycles. The zero-order valence-corrected chi connectivity index (χ0v) is 6.96. The molecule has 0 amide bonds. The van der Waals surface area contributed by atoms with Crippen molar-refractivity contribution in [3.8, 4) is 0 Å². The van der Waals surface area contributed by atoms with E-state index in [1.165, 1.54) is 12.3 Å². The summed E-state index contributed by atoms with van der Waals surface area (Å²) in [6.07, 6.45) is 1.47. The van der Waals surface area contributed by atoms with Gasteiger partial charge in [-0.3, -0.25) is 0 Å². The van der Waals surface area contributed by atoms with Crippen LogP contribution in [-0.2, 0) is 0 Å². The van der Waals surface area contributed by atoms with Gasteiger partial charge in [0.25, 0.3) is 0 Å². The molecule has 64 valence electrons. The summed E-state index contributed by atoms with van der Waals surface area (Å²) in [6, 6.07) is 1.48. The van der Waals surface area contributed by atoms with Crippen LogP contribution in [0.25, 0.3) is 0 Å². The van der Waals surface area contributed by atoms with Crippen molar-refractivity contribution < 1.29 is 9.90 Å². The van der Waals surface area contributed by atoms with Crippen LogP contribution in [-0.4, -0.2) is 23.1 Å². The van der Waals surface area contributed by atoms with Gasteiger partial charge in [0.1, 0.15) is 5.82 Å². The zero-order valence-electron chi connectivity index (χ0n) is 6.96. The minimum absolute atomic E-state index is 0.286. The number of carboxylic acids is 1. The van der Waals surface area contributed by atoms with Crippen LogP contribution < -0.4 is 5.32 Å². The lowest BCUT2D eigenvalue weighted by Gasteiger charge is -2.05. The standard InChI is InChI=1S/C8H10N2O2/c1-5-6(8(11)12)3-4-10-7(5)9-2/h3-4H,1-2H3,(H,9,10)(H,11,12). The van der Waals surface area contributed by atoms with E-state index < -0.39 is 5.97 Å². The van der Waals surface area contributed by atoms with Gasteiger partial charge < -0.3 is 10.4 Å². The Morgan fingerprint density at radius 2 is 2.33 bits per heavy atom. The quantitative estimate of drug-likeness (QED) is 0.691. The topological polar surface area (TPSA) is 62.2 Å². The van der Waals surface area contributed by atoms with E-state index in [4.69, 9.17) is 5.11 Å². The Balaban J connectivity index is 3.23. The average molecular weight is 166 g/mol. The largest absolute Gasteiger partial charge is 0.478 e. The summed E-state index contributed by atoms with van der Waals surface area (Å²) < 4.78 is 0. The first kappa shape index (κ1) is 8.52. The monoisotopic (exact) mass is 166 g/mol. The van der Waals surface area contributed by atoms with Crippen molar-refractivity contribution in [1.29, 1.82) is 0 Å². The van der Waals surface area contributed by atoms with Crippen LogP contribution in [0, 0.1) is 6.92 Å². The second kappa shape index (κ2) is 3.21. The fourth-order valence-corrected chi connectivity index (χ4v) is 1.02. The van der Waals surface area contributed by atoms with E-state index in [-0.39, 0.29) is 5.56 Å². The summed E-state index contributed by atoms with van der Waals surface area (Å²) in [5, 5.41) is 11.5. The Bertz CT molecular complexity index is 310. The Morgan fingerprint density at radius 1 is 1.67 bits per heavy atom. The van der Waals surface area contributed by atoms with Crippen LogP contribution in [0.4, 0.5) is 5.82 Å². The molecule has 0 unspecified atom stereocenters. The first-order chi connectivity index (χ1) is 5.66. The predicted molar refractivity (Wildman–Crippen MR) is 45.5 cm³/mol. The molecule has 1 aromatic rings. The highest BCUT2D eigenvalue weighted by Crippen LogP contribution is 2.14. The summed E-state index contributed by atoms with van der Waals surface area (Å²) in [6.45, 7) is 1.72. The number of nitrogens with one attached hydrogen (secondary N) is 1. The highest BCUT2D eigenvalue weighted by molar-refractivity contribution is 5.90. The smallest absolute Gasteiger partial charge is 0.336 e. The molecule has 0 bridgehead atoms. The third kappa shape index (κ3) is 1.37. The van der Waals surface area contributed by atoms with Crippen molar-refractivity contribution in [1.82, 2.24) is 4.98 Å². The summed E-state index contributed by atoms with van der Waals surface area (Å²) >= 11 is 0. The van der Waals surface area contributed by atoms with Gasteiger partial charge in [-0.2, -0.15) is 0 Å². The molecule has 4 nitrogen and oxygen atoms in total. The zero-order chi connectivity index (χ0) is 9.14. The van der Waals surface area contributed by atoms with E-state index >= 15 is 0 Å². The van der Waals surface area contributed by atoms with Crippen molar-refractivity contribution in [3.05, 3.63) is 23.4 Å². The van der Waals surface area contributed by atoms with Gasteiger partial charge in [0.15, 0.2) is 0 Å². The maximum atomic E-state index is 10.6. The van der Waals surface area contributed by atoms with E-state index in [0.717, 1.165) is 0 Å². The lowest BCUT2D eigenvalue weighted by Crippen LogP contribution is -2.04. The summed E-state index contributed by atoms with van der Waals surface area (Å²) in [4.78, 5) is 14.6. The lowest BCUT2D eigenvalue weighted by atomic mass is 10.1. The summed E-state index contributed by atoms with van der Waals surface area (Å²) in [5.74, 6) is -0.318. The molecular formula is C8H10N2O2. The molecule has 1 heterocycles. The summed E-state index contributed by atoms with van der Waals surface area (Å²) in [7, 11) is 1.71. The number of anilines is 1. The van der Waals surface area contributed by atoms with Gasteiger partial charge in [-0.25, -0.2) is 9.78 Å². The van der Waals surface area contributed by atoms with E-state index in [0.29, 0.717) is 11.4 Å². The lowest BCUT2D eigenvalue weighted by molar-refractivity contribution is 0.0696. The molecule has 0 saturated heterocycles. The molecule has 1 aromatic heterocycles. The molecule has 4 heteroatoms. The minimum atomic E-state index is -0.925. The molecule has 0 saturated carbocycles. The summed E-state index contributed by atoms with van der Waals surface area (Å²) in [5.41, 5.74) is 0.946. The van der Waals surface area contributed by atoms with E-state index in [2.05, 4.69) is 10.3 Å². The van der Waals surface area contributed by atoms with Crippen LogP contribution >= 0.6 is 0 Å². The van der Waals surface area contributed by atoms with Crippen LogP contribution in [0.1, 0.15) is 15.9 Å². The number of aromatic nitrogens is 1. The first-order valence-electron chi connectivity index (χ1n) is 3.53. The first-order valence-corrected chi connectivity index (χ1v) is 3.53. The van der Waals surface area contributed by atoms with Crippen molar-refractivity contribution in [3.63, 3.8) is 0 Å². The minimum Gasteiger partial charge on any atom is -0.478 e. The number of carbonyl (C=O) groups is 1. The van der Waals surface area contributed by atoms with Crippen LogP contribution in [0.5, 0.6) is 0 Å². The van der Waals surface area contributed by atoms with Crippen molar-refractivity contribution in [2.45, 2.75) is 6.92 Å². The molecule has 0 aromatic carbocycles. The third-order valence-corrected chi connectivity index (χ3v) is 1.67. The number of pyridine rings is 1. The normalized spacial score (nSPS) is 9.50. The fourth-order valence-electron chi connectivity index (χ4n) is 1.02. The highest BCUT2D eigenvalue weighted by atomic mass is 16.4. The van der Waals surface area contributed by atoms with Crippen LogP contribution in [0.2, 0.25) is 0 Å². The average Bonchev–Trinajstić information content (AvgIpc) is 2.04. The molecule has 0 fully saturated rings. The van der Waals surface area contributed by atoms with Gasteiger partial charge in [-0.1, -0.05) is 0 Å². The van der Waals surface area contributed by atoms with Gasteiger partial charge >= 0.3 is 5.97 Å². The van der Waals surface area contributed by atoms with Crippen molar-refractivity contribution in [2.75, 3.05) is 12.4 Å². The van der Waals surface area contributed by atoms with Gasteiger partial charge in [-0.15, -0.1) is 0 Å². The predicted octanol–water partition coefficient (Wildman–Crippen LogP) is 1.13. The number of rotatable bonds is 2. The second-order valence-corrected chi connectivity index (χ2v) is 2.39. The Labute approximate surface area is 70.3 Å². The molecule has 0 radical (unpaired) electrons. The Hall–Kier alpha value is -1.58. The van der Waals surface area contributed by atoms with Gasteiger partial charge in [-0.05, 0) is 13.0 Å². The third-order valence-electron chi connectivity index (χ3n) is 1.67. The van der Waals surface area contributed by atoms with Gasteiger partial charge in [0, 0.05) is 18.8 Å². The second-order valence-electron chi connectivity index (χ2n) is 2.39. The molecule has 0 aliphatic rings. The van der Waals surface area contributed by atoms with Gasteiger partial charge in [0.05, 0.1) is 5.56 Å². The molecule has 2 N–H and O–H groups in total. The number of aromatic carboxylic acids is 1. The molecule has 0 spiro atoms. The number of nitrogens with zero attached hydrogens (tertiary/aromatic N) is 1. The van der Waals surface area contributed by atoms with Crippen molar-refractivity contribution >= 4 is 11.8 Å². The molecule has 0 atom stereocenters. The van der Waals surface area contributed by atoms with Crippen molar-refractivity contribution in [2.24, 2.45) is 0 Å². The highest BCUT2D eigenvalue weighted by Gasteiger charge is 2.09. The van der Waals surface area contributed by atoms with E-state index in [9.17, 15) is 4.79 Å². The number of carboxylic acid groups (broad SMARTS) is 1. The maximum Gasteiger partial charge on any atom is 0.336 e. The fraction of sp³-hybridized carbons (Fsp3) is 0.250. The van der Waals surface area contributed by atoms with Gasteiger partial charge in [0.2, 0.25) is 0 Å². The number of hydrogen-bond donors (Lipinski definition) is 2. The SMILES string of the molecule is CNc1nccc(C(=O)O)c1C.